The molecule has 0 radical (unpaired) electrons. The summed E-state index contributed by atoms with van der Waals surface area (Å²) in [5.41, 5.74) is 1.17. The number of alkyl halides is 1. The first-order valence-corrected chi connectivity index (χ1v) is 6.08. The molecule has 0 heterocycles. The number of nitrogens with one attached hydrogen (secondary N) is 1. The van der Waals surface area contributed by atoms with Gasteiger partial charge in [-0.2, -0.15) is 0 Å². The fourth-order valence-electron chi connectivity index (χ4n) is 1.30. The van der Waals surface area contributed by atoms with E-state index >= 15 is 0 Å². The zero-order chi connectivity index (χ0) is 12.3. The van der Waals surface area contributed by atoms with E-state index in [1.807, 2.05) is 13.8 Å². The van der Waals surface area contributed by atoms with E-state index in [4.69, 9.17) is 23.2 Å². The third kappa shape index (κ3) is 3.46. The Morgan fingerprint density at radius 1 is 1.38 bits per heavy atom. The first-order chi connectivity index (χ1) is 7.41. The minimum absolute atomic E-state index is 0.00122. The lowest BCUT2D eigenvalue weighted by Crippen LogP contribution is -2.20. The first-order valence-electron chi connectivity index (χ1n) is 5.27. The van der Waals surface area contributed by atoms with Crippen molar-refractivity contribution in [2.24, 2.45) is 5.92 Å². The monoisotopic (exact) mass is 260 g/mol. The molecule has 0 amide bonds. The number of rotatable bonds is 4. The summed E-state index contributed by atoms with van der Waals surface area (Å²) in [7, 11) is 0. The summed E-state index contributed by atoms with van der Waals surface area (Å²) in [6.07, 6.45) is 0. The average Bonchev–Trinajstić information content (AvgIpc) is 2.20. The standard InChI is InChI=1S/C12H17Cl2NO/c1-7(2)10(14)6-15-11-5-9(13)4-8(3)12(11)16/h4-5,7,10,15-16H,6H2,1-3H3/p-1/t10-/m1/s1. The zero-order valence-electron chi connectivity index (χ0n) is 9.68. The highest BCUT2D eigenvalue weighted by Crippen LogP contribution is 2.28. The van der Waals surface area contributed by atoms with Crippen molar-refractivity contribution in [1.29, 1.82) is 0 Å². The molecule has 1 rings (SSSR count). The summed E-state index contributed by atoms with van der Waals surface area (Å²) in [4.78, 5) is 0. The van der Waals surface area contributed by atoms with E-state index in [1.54, 1.807) is 19.1 Å². The van der Waals surface area contributed by atoms with E-state index < -0.39 is 0 Å². The van der Waals surface area contributed by atoms with E-state index in [2.05, 4.69) is 5.32 Å². The van der Waals surface area contributed by atoms with Crippen LogP contribution in [0.25, 0.3) is 0 Å². The van der Waals surface area contributed by atoms with Crippen LogP contribution in [0.3, 0.4) is 0 Å². The number of hydrogen-bond donors (Lipinski definition) is 1. The minimum Gasteiger partial charge on any atom is -0.871 e. The molecule has 0 unspecified atom stereocenters. The number of anilines is 1. The second-order valence-electron chi connectivity index (χ2n) is 4.24. The van der Waals surface area contributed by atoms with Gasteiger partial charge in [0.25, 0.3) is 0 Å². The van der Waals surface area contributed by atoms with E-state index in [1.165, 1.54) is 0 Å². The van der Waals surface area contributed by atoms with E-state index in [0.717, 1.165) is 0 Å². The molecule has 0 aliphatic carbocycles. The molecular formula is C12H16Cl2NO-. The van der Waals surface area contributed by atoms with Crippen molar-refractivity contribution in [1.82, 2.24) is 0 Å². The Balaban J connectivity index is 2.74. The van der Waals surface area contributed by atoms with Gasteiger partial charge in [-0.3, -0.25) is 0 Å². The van der Waals surface area contributed by atoms with Crippen LogP contribution in [0.4, 0.5) is 5.69 Å². The molecule has 0 aliphatic heterocycles. The highest BCUT2D eigenvalue weighted by atomic mass is 35.5. The fourth-order valence-corrected chi connectivity index (χ4v) is 1.65. The Morgan fingerprint density at radius 3 is 2.56 bits per heavy atom. The molecule has 0 aliphatic rings. The third-order valence-corrected chi connectivity index (χ3v) is 3.33. The molecule has 1 atom stereocenters. The second kappa shape index (κ2) is 5.65. The van der Waals surface area contributed by atoms with Gasteiger partial charge in [-0.15, -0.1) is 11.6 Å². The van der Waals surface area contributed by atoms with Gasteiger partial charge in [0, 0.05) is 17.3 Å². The maximum atomic E-state index is 11.7. The Morgan fingerprint density at radius 2 is 2.00 bits per heavy atom. The summed E-state index contributed by atoms with van der Waals surface area (Å²) in [6.45, 7) is 6.40. The van der Waals surface area contributed by atoms with Gasteiger partial charge in [-0.05, 0) is 25.0 Å². The zero-order valence-corrected chi connectivity index (χ0v) is 11.2. The molecule has 2 nitrogen and oxygen atoms in total. The van der Waals surface area contributed by atoms with Crippen LogP contribution < -0.4 is 10.4 Å². The van der Waals surface area contributed by atoms with Crippen LogP contribution in [0.15, 0.2) is 12.1 Å². The van der Waals surface area contributed by atoms with Gasteiger partial charge in [0.15, 0.2) is 0 Å². The van der Waals surface area contributed by atoms with Crippen molar-refractivity contribution in [2.45, 2.75) is 26.1 Å². The molecule has 0 fully saturated rings. The van der Waals surface area contributed by atoms with Crippen LogP contribution in [0.2, 0.25) is 5.02 Å². The van der Waals surface area contributed by atoms with Crippen molar-refractivity contribution in [3.63, 3.8) is 0 Å². The van der Waals surface area contributed by atoms with Gasteiger partial charge in [0.05, 0.1) is 5.38 Å². The molecule has 90 valence electrons. The predicted octanol–water partition coefficient (Wildman–Crippen LogP) is 3.40. The summed E-state index contributed by atoms with van der Waals surface area (Å²) < 4.78 is 0. The Bertz CT molecular complexity index is 366. The van der Waals surface area contributed by atoms with E-state index in [-0.39, 0.29) is 11.1 Å². The molecule has 1 N–H and O–H groups in total. The Kier molecular flexibility index (Phi) is 4.75. The van der Waals surface area contributed by atoms with Gasteiger partial charge in [-0.25, -0.2) is 0 Å². The van der Waals surface area contributed by atoms with Crippen LogP contribution >= 0.6 is 23.2 Å². The molecule has 16 heavy (non-hydrogen) atoms. The van der Waals surface area contributed by atoms with Crippen LogP contribution in [-0.4, -0.2) is 11.9 Å². The fraction of sp³-hybridized carbons (Fsp3) is 0.500. The SMILES string of the molecule is Cc1cc(Cl)cc(NC[C@@H](Cl)C(C)C)c1[O-]. The van der Waals surface area contributed by atoms with Gasteiger partial charge in [0.2, 0.25) is 0 Å². The van der Waals surface area contributed by atoms with Crippen LogP contribution in [0, 0.1) is 12.8 Å². The lowest BCUT2D eigenvalue weighted by atomic mass is 10.1. The summed E-state index contributed by atoms with van der Waals surface area (Å²) in [5.74, 6) is 0.349. The maximum absolute atomic E-state index is 11.7. The Hall–Kier alpha value is -0.600. The second-order valence-corrected chi connectivity index (χ2v) is 5.24. The van der Waals surface area contributed by atoms with E-state index in [0.29, 0.717) is 28.7 Å². The number of halogens is 2. The van der Waals surface area contributed by atoms with Crippen LogP contribution in [0.5, 0.6) is 5.75 Å². The molecule has 4 heteroatoms. The lowest BCUT2D eigenvalue weighted by molar-refractivity contribution is -0.267. The molecule has 0 aromatic heterocycles. The van der Waals surface area contributed by atoms with Gasteiger partial charge in [0.1, 0.15) is 0 Å². The normalized spacial score (nSPS) is 12.9. The van der Waals surface area contributed by atoms with Crippen LogP contribution in [0.1, 0.15) is 19.4 Å². The van der Waals surface area contributed by atoms with Crippen molar-refractivity contribution >= 4 is 28.9 Å². The van der Waals surface area contributed by atoms with E-state index in [9.17, 15) is 5.11 Å². The molecule has 0 saturated heterocycles. The predicted molar refractivity (Wildman–Crippen MR) is 68.6 cm³/mol. The topological polar surface area (TPSA) is 35.1 Å². The molecule has 1 aromatic rings. The third-order valence-electron chi connectivity index (χ3n) is 2.45. The average molecular weight is 261 g/mol. The maximum Gasteiger partial charge on any atom is 0.0531 e. The highest BCUT2D eigenvalue weighted by molar-refractivity contribution is 6.31. The summed E-state index contributed by atoms with van der Waals surface area (Å²) in [5, 5.41) is 15.3. The van der Waals surface area contributed by atoms with Crippen molar-refractivity contribution in [2.75, 3.05) is 11.9 Å². The Labute approximate surface area is 107 Å². The van der Waals surface area contributed by atoms with Crippen molar-refractivity contribution in [3.05, 3.63) is 22.7 Å². The van der Waals surface area contributed by atoms with Gasteiger partial charge >= 0.3 is 0 Å². The quantitative estimate of drug-likeness (QED) is 0.843. The van der Waals surface area contributed by atoms with Crippen molar-refractivity contribution in [3.8, 4) is 5.75 Å². The lowest BCUT2D eigenvalue weighted by Gasteiger charge is -2.21. The first kappa shape index (κ1) is 13.5. The van der Waals surface area contributed by atoms with Gasteiger partial charge < -0.3 is 10.4 Å². The molecule has 0 bridgehead atoms. The highest BCUT2D eigenvalue weighted by Gasteiger charge is 2.09. The molecular weight excluding hydrogens is 245 g/mol. The minimum atomic E-state index is -0.0166. The summed E-state index contributed by atoms with van der Waals surface area (Å²) in [6, 6.07) is 3.30. The van der Waals surface area contributed by atoms with Crippen molar-refractivity contribution < 1.29 is 5.11 Å². The number of benzene rings is 1. The van der Waals surface area contributed by atoms with Gasteiger partial charge in [-0.1, -0.05) is 36.8 Å². The molecule has 1 aromatic carbocycles. The molecule has 0 spiro atoms. The number of aryl methyl sites for hydroxylation is 1. The number of hydrogen-bond acceptors (Lipinski definition) is 2. The van der Waals surface area contributed by atoms with Crippen LogP contribution in [-0.2, 0) is 0 Å². The molecule has 0 saturated carbocycles. The smallest absolute Gasteiger partial charge is 0.0531 e. The largest absolute Gasteiger partial charge is 0.871 e. The summed E-state index contributed by atoms with van der Waals surface area (Å²) >= 11 is 12.0.